The Kier molecular flexibility index (Phi) is 1.81. The van der Waals surface area contributed by atoms with E-state index in [1.54, 1.807) is 6.20 Å². The van der Waals surface area contributed by atoms with Crippen molar-refractivity contribution in [2.24, 2.45) is 0 Å². The number of nitrogens with zero attached hydrogens (tertiary/aromatic N) is 1. The second-order valence-corrected chi connectivity index (χ2v) is 2.93. The molecular formula is C8H8ClNO2. The van der Waals surface area contributed by atoms with Gasteiger partial charge in [0.1, 0.15) is 18.2 Å². The minimum Gasteiger partial charge on any atom is -0.484 e. The van der Waals surface area contributed by atoms with E-state index in [0.29, 0.717) is 29.7 Å². The second-order valence-electron chi connectivity index (χ2n) is 2.55. The lowest BCUT2D eigenvalue weighted by molar-refractivity contribution is 0.170. The maximum absolute atomic E-state index is 5.94. The third kappa shape index (κ3) is 1.10. The van der Waals surface area contributed by atoms with Crippen LogP contribution < -0.4 is 9.47 Å². The first-order chi connectivity index (χ1) is 5.79. The number of hydrogen-bond donors (Lipinski definition) is 0. The van der Waals surface area contributed by atoms with Crippen LogP contribution in [0.3, 0.4) is 0 Å². The van der Waals surface area contributed by atoms with Gasteiger partial charge in [0.05, 0.1) is 11.9 Å². The van der Waals surface area contributed by atoms with Crippen LogP contribution in [-0.4, -0.2) is 18.2 Å². The molecule has 3 nitrogen and oxygen atoms in total. The van der Waals surface area contributed by atoms with Crippen LogP contribution in [0.2, 0.25) is 5.02 Å². The molecule has 0 spiro atoms. The summed E-state index contributed by atoms with van der Waals surface area (Å²) in [5, 5.41) is 0.548. The first kappa shape index (κ1) is 7.68. The fourth-order valence-corrected chi connectivity index (χ4v) is 1.27. The van der Waals surface area contributed by atoms with Crippen molar-refractivity contribution in [1.82, 2.24) is 4.98 Å². The van der Waals surface area contributed by atoms with Gasteiger partial charge in [0.15, 0.2) is 11.5 Å². The van der Waals surface area contributed by atoms with E-state index in [1.165, 1.54) is 0 Å². The Balaban J connectivity index is 2.54. The summed E-state index contributed by atoms with van der Waals surface area (Å²) in [4.78, 5) is 4.06. The van der Waals surface area contributed by atoms with Crippen molar-refractivity contribution in [2.75, 3.05) is 13.2 Å². The molecule has 0 aromatic carbocycles. The Morgan fingerprint density at radius 2 is 2.17 bits per heavy atom. The molecule has 1 aliphatic heterocycles. The summed E-state index contributed by atoms with van der Waals surface area (Å²) in [6, 6.07) is 0. The van der Waals surface area contributed by atoms with Crippen molar-refractivity contribution in [2.45, 2.75) is 6.92 Å². The van der Waals surface area contributed by atoms with E-state index in [2.05, 4.69) is 4.98 Å². The third-order valence-electron chi connectivity index (χ3n) is 1.70. The lowest BCUT2D eigenvalue weighted by atomic mass is 10.3. The monoisotopic (exact) mass is 185 g/mol. The van der Waals surface area contributed by atoms with Crippen LogP contribution in [0.4, 0.5) is 0 Å². The third-order valence-corrected chi connectivity index (χ3v) is 2.15. The molecule has 2 rings (SSSR count). The van der Waals surface area contributed by atoms with E-state index in [4.69, 9.17) is 21.1 Å². The fourth-order valence-electron chi connectivity index (χ4n) is 1.08. The Morgan fingerprint density at radius 1 is 1.42 bits per heavy atom. The number of halogens is 1. The van der Waals surface area contributed by atoms with E-state index in [9.17, 15) is 0 Å². The molecule has 0 amide bonds. The molecule has 1 aliphatic rings. The minimum absolute atomic E-state index is 0.548. The van der Waals surface area contributed by atoms with Gasteiger partial charge in [0.2, 0.25) is 0 Å². The lowest BCUT2D eigenvalue weighted by Crippen LogP contribution is -2.16. The summed E-state index contributed by atoms with van der Waals surface area (Å²) in [5.41, 5.74) is 0.765. The molecule has 4 heteroatoms. The van der Waals surface area contributed by atoms with Crippen LogP contribution in [0.15, 0.2) is 6.20 Å². The Morgan fingerprint density at radius 3 is 3.00 bits per heavy atom. The van der Waals surface area contributed by atoms with Crippen LogP contribution in [0.1, 0.15) is 5.69 Å². The van der Waals surface area contributed by atoms with Crippen LogP contribution in [0.5, 0.6) is 11.5 Å². The zero-order valence-corrected chi connectivity index (χ0v) is 7.39. The van der Waals surface area contributed by atoms with Gasteiger partial charge in [0.25, 0.3) is 0 Å². The van der Waals surface area contributed by atoms with E-state index < -0.39 is 0 Å². The highest BCUT2D eigenvalue weighted by molar-refractivity contribution is 6.32. The quantitative estimate of drug-likeness (QED) is 0.618. The smallest absolute Gasteiger partial charge is 0.183 e. The number of rotatable bonds is 0. The SMILES string of the molecule is Cc1ncc2c(c1Cl)OCCO2. The molecule has 2 heterocycles. The predicted molar refractivity (Wildman–Crippen MR) is 45.0 cm³/mol. The highest BCUT2D eigenvalue weighted by Crippen LogP contribution is 2.37. The fraction of sp³-hybridized carbons (Fsp3) is 0.375. The van der Waals surface area contributed by atoms with Gasteiger partial charge in [-0.1, -0.05) is 11.6 Å². The predicted octanol–water partition coefficient (Wildman–Crippen LogP) is 1.81. The average molecular weight is 186 g/mol. The Bertz CT molecular complexity index is 314. The van der Waals surface area contributed by atoms with Crippen LogP contribution in [0, 0.1) is 6.92 Å². The lowest BCUT2D eigenvalue weighted by Gasteiger charge is -2.19. The molecular weight excluding hydrogens is 178 g/mol. The number of aromatic nitrogens is 1. The molecule has 12 heavy (non-hydrogen) atoms. The standard InChI is InChI=1S/C8H8ClNO2/c1-5-7(9)8-6(4-10-5)11-2-3-12-8/h4H,2-3H2,1H3. The van der Waals surface area contributed by atoms with Gasteiger partial charge in [-0.15, -0.1) is 0 Å². The average Bonchev–Trinajstić information content (AvgIpc) is 2.12. The van der Waals surface area contributed by atoms with Crippen molar-refractivity contribution < 1.29 is 9.47 Å². The van der Waals surface area contributed by atoms with Gasteiger partial charge in [0, 0.05) is 0 Å². The van der Waals surface area contributed by atoms with Crippen molar-refractivity contribution in [3.8, 4) is 11.5 Å². The molecule has 0 aliphatic carbocycles. The number of ether oxygens (including phenoxy) is 2. The van der Waals surface area contributed by atoms with E-state index in [0.717, 1.165) is 5.69 Å². The Labute approximate surface area is 75.3 Å². The summed E-state index contributed by atoms with van der Waals surface area (Å²) in [6.07, 6.45) is 1.63. The van der Waals surface area contributed by atoms with Gasteiger partial charge in [-0.05, 0) is 6.92 Å². The minimum atomic E-state index is 0.548. The van der Waals surface area contributed by atoms with Gasteiger partial charge in [-0.3, -0.25) is 4.98 Å². The van der Waals surface area contributed by atoms with Crippen LogP contribution in [0.25, 0.3) is 0 Å². The highest BCUT2D eigenvalue weighted by Gasteiger charge is 2.16. The number of pyridine rings is 1. The van der Waals surface area contributed by atoms with Gasteiger partial charge in [-0.2, -0.15) is 0 Å². The largest absolute Gasteiger partial charge is 0.484 e. The molecule has 0 unspecified atom stereocenters. The Hall–Kier alpha value is -0.960. The van der Waals surface area contributed by atoms with E-state index >= 15 is 0 Å². The number of fused-ring (bicyclic) bond motifs is 1. The molecule has 0 N–H and O–H groups in total. The van der Waals surface area contributed by atoms with Crippen molar-refractivity contribution in [3.05, 3.63) is 16.9 Å². The molecule has 64 valence electrons. The molecule has 1 aromatic heterocycles. The zero-order chi connectivity index (χ0) is 8.55. The van der Waals surface area contributed by atoms with Crippen LogP contribution >= 0.6 is 11.6 Å². The van der Waals surface area contributed by atoms with Gasteiger partial charge in [-0.25, -0.2) is 0 Å². The van der Waals surface area contributed by atoms with E-state index in [-0.39, 0.29) is 0 Å². The molecule has 0 saturated heterocycles. The molecule has 0 radical (unpaired) electrons. The molecule has 0 atom stereocenters. The number of hydrogen-bond acceptors (Lipinski definition) is 3. The molecule has 0 saturated carbocycles. The van der Waals surface area contributed by atoms with E-state index in [1.807, 2.05) is 6.92 Å². The summed E-state index contributed by atoms with van der Waals surface area (Å²) in [5.74, 6) is 1.26. The summed E-state index contributed by atoms with van der Waals surface area (Å²) >= 11 is 5.94. The first-order valence-corrected chi connectivity index (χ1v) is 4.07. The van der Waals surface area contributed by atoms with Crippen molar-refractivity contribution in [1.29, 1.82) is 0 Å². The summed E-state index contributed by atoms with van der Waals surface area (Å²) in [6.45, 7) is 2.95. The highest BCUT2D eigenvalue weighted by atomic mass is 35.5. The molecule has 1 aromatic rings. The zero-order valence-electron chi connectivity index (χ0n) is 6.63. The summed E-state index contributed by atoms with van der Waals surface area (Å²) in [7, 11) is 0. The topological polar surface area (TPSA) is 31.4 Å². The molecule has 0 bridgehead atoms. The van der Waals surface area contributed by atoms with Crippen molar-refractivity contribution in [3.63, 3.8) is 0 Å². The van der Waals surface area contributed by atoms with Crippen molar-refractivity contribution >= 4 is 11.6 Å². The van der Waals surface area contributed by atoms with Gasteiger partial charge < -0.3 is 9.47 Å². The van der Waals surface area contributed by atoms with Gasteiger partial charge >= 0.3 is 0 Å². The normalized spacial score (nSPS) is 14.5. The summed E-state index contributed by atoms with van der Waals surface area (Å²) < 4.78 is 10.6. The maximum Gasteiger partial charge on any atom is 0.183 e. The second kappa shape index (κ2) is 2.83. The van der Waals surface area contributed by atoms with Crippen LogP contribution in [-0.2, 0) is 0 Å². The molecule has 0 fully saturated rings. The maximum atomic E-state index is 5.94. The number of aryl methyl sites for hydroxylation is 1. The first-order valence-electron chi connectivity index (χ1n) is 3.70.